The van der Waals surface area contributed by atoms with Crippen molar-refractivity contribution >= 4 is 20.8 Å². The highest BCUT2D eigenvalue weighted by molar-refractivity contribution is 7.89. The summed E-state index contributed by atoms with van der Waals surface area (Å²) in [6.07, 6.45) is 2.31. The molecule has 3 aromatic rings. The van der Waals surface area contributed by atoms with Crippen molar-refractivity contribution in [2.45, 2.75) is 30.7 Å². The summed E-state index contributed by atoms with van der Waals surface area (Å²) in [6.45, 7) is 3.99. The van der Waals surface area contributed by atoms with E-state index in [2.05, 4.69) is 29.0 Å². The molecule has 2 N–H and O–H groups in total. The molecule has 1 fully saturated rings. The molecule has 0 aromatic heterocycles. The van der Waals surface area contributed by atoms with Gasteiger partial charge in [0, 0.05) is 18.4 Å². The van der Waals surface area contributed by atoms with Gasteiger partial charge in [0.25, 0.3) is 0 Å². The van der Waals surface area contributed by atoms with E-state index in [0.29, 0.717) is 12.1 Å². The third-order valence-electron chi connectivity index (χ3n) is 5.84. The fraction of sp³-hybridized carbons (Fsp3) is 0.304. The molecule has 0 radical (unpaired) electrons. The van der Waals surface area contributed by atoms with Crippen LogP contribution < -0.4 is 9.62 Å². The molecule has 0 spiro atoms. The molecule has 0 bridgehead atoms. The second-order valence-electron chi connectivity index (χ2n) is 7.75. The summed E-state index contributed by atoms with van der Waals surface area (Å²) in [5.74, 6) is -0.434. The van der Waals surface area contributed by atoms with Gasteiger partial charge in [-0.3, -0.25) is 0 Å². The van der Waals surface area contributed by atoms with Crippen LogP contribution in [0.3, 0.4) is 0 Å². The van der Waals surface area contributed by atoms with E-state index in [9.17, 15) is 12.8 Å². The average molecular weight is 414 g/mol. The fourth-order valence-corrected chi connectivity index (χ4v) is 5.66. The minimum atomic E-state index is -3.72. The van der Waals surface area contributed by atoms with Crippen molar-refractivity contribution in [2.24, 2.45) is 0 Å². The summed E-state index contributed by atoms with van der Waals surface area (Å²) in [5.41, 5.74) is 1.58. The average Bonchev–Trinajstić information content (AvgIpc) is 3.22. The zero-order valence-electron chi connectivity index (χ0n) is 16.5. The summed E-state index contributed by atoms with van der Waals surface area (Å²) in [6, 6.07) is 18.3. The van der Waals surface area contributed by atoms with E-state index >= 15 is 0 Å². The zero-order valence-corrected chi connectivity index (χ0v) is 17.3. The molecule has 29 heavy (non-hydrogen) atoms. The van der Waals surface area contributed by atoms with Crippen molar-refractivity contribution in [2.75, 3.05) is 19.6 Å². The Hall–Kier alpha value is -2.28. The van der Waals surface area contributed by atoms with Gasteiger partial charge in [-0.2, -0.15) is 0 Å². The van der Waals surface area contributed by atoms with Crippen LogP contribution in [0.25, 0.3) is 10.8 Å². The van der Waals surface area contributed by atoms with Crippen LogP contribution in [-0.4, -0.2) is 28.1 Å². The van der Waals surface area contributed by atoms with Crippen molar-refractivity contribution in [3.63, 3.8) is 0 Å². The molecule has 3 aromatic carbocycles. The Morgan fingerprint density at radius 2 is 1.76 bits per heavy atom. The first-order chi connectivity index (χ1) is 14.0. The Bertz CT molecular complexity index is 1120. The van der Waals surface area contributed by atoms with Crippen LogP contribution in [0.4, 0.5) is 4.39 Å². The van der Waals surface area contributed by atoms with Gasteiger partial charge in [-0.1, -0.05) is 42.5 Å². The predicted octanol–water partition coefficient (Wildman–Crippen LogP) is 2.99. The van der Waals surface area contributed by atoms with E-state index in [-0.39, 0.29) is 10.9 Å². The molecule has 0 unspecified atom stereocenters. The van der Waals surface area contributed by atoms with E-state index in [0.717, 1.165) is 36.7 Å². The first kappa shape index (κ1) is 20.0. The molecule has 0 aliphatic carbocycles. The number of sulfonamides is 1. The summed E-state index contributed by atoms with van der Waals surface area (Å²) in [4.78, 5) is 1.53. The standard InChI is InChI=1S/C23H25FN2O2S/c1-17-15-19(24)11-12-23(17)29(27,28)25-16-22(26-13-4-5-14-26)21-10-6-8-18-7-2-3-9-20(18)21/h2-3,6-12,15,22,25H,4-5,13-14,16H2,1H3/p+1/t22-/m1/s1. The van der Waals surface area contributed by atoms with Crippen molar-refractivity contribution in [1.29, 1.82) is 0 Å². The normalized spacial score (nSPS) is 16.3. The maximum absolute atomic E-state index is 13.4. The first-order valence-electron chi connectivity index (χ1n) is 10.0. The molecule has 1 saturated heterocycles. The number of fused-ring (bicyclic) bond motifs is 1. The molecule has 6 heteroatoms. The van der Waals surface area contributed by atoms with Crippen molar-refractivity contribution in [1.82, 2.24) is 4.72 Å². The van der Waals surface area contributed by atoms with Gasteiger partial charge >= 0.3 is 0 Å². The number of likely N-dealkylation sites (tertiary alicyclic amines) is 1. The lowest BCUT2D eigenvalue weighted by molar-refractivity contribution is -0.918. The van der Waals surface area contributed by atoms with E-state index in [1.165, 1.54) is 28.7 Å². The summed E-state index contributed by atoms with van der Waals surface area (Å²) in [5, 5.41) is 2.32. The maximum Gasteiger partial charge on any atom is 0.241 e. The van der Waals surface area contributed by atoms with Crippen LogP contribution in [0, 0.1) is 12.7 Å². The molecular formula is C23H26FN2O2S+. The van der Waals surface area contributed by atoms with Crippen LogP contribution in [0.1, 0.15) is 30.0 Å². The number of hydrogen-bond acceptors (Lipinski definition) is 2. The van der Waals surface area contributed by atoms with Gasteiger partial charge in [0.15, 0.2) is 0 Å². The second kappa shape index (κ2) is 8.22. The van der Waals surface area contributed by atoms with Gasteiger partial charge in [0.2, 0.25) is 10.0 Å². The van der Waals surface area contributed by atoms with E-state index in [4.69, 9.17) is 0 Å². The number of hydrogen-bond donors (Lipinski definition) is 2. The highest BCUT2D eigenvalue weighted by Gasteiger charge is 2.30. The highest BCUT2D eigenvalue weighted by atomic mass is 32.2. The maximum atomic E-state index is 13.4. The minimum Gasteiger partial charge on any atom is -0.328 e. The summed E-state index contributed by atoms with van der Waals surface area (Å²) in [7, 11) is -3.72. The van der Waals surface area contributed by atoms with Gasteiger partial charge < -0.3 is 4.90 Å². The van der Waals surface area contributed by atoms with Gasteiger partial charge in [-0.15, -0.1) is 0 Å². The second-order valence-corrected chi connectivity index (χ2v) is 9.48. The SMILES string of the molecule is Cc1cc(F)ccc1S(=O)(=O)NC[C@H](c1cccc2ccccc12)[NH+]1CCCC1. The fourth-order valence-electron chi connectivity index (χ4n) is 4.39. The van der Waals surface area contributed by atoms with Gasteiger partial charge in [-0.25, -0.2) is 17.5 Å². The monoisotopic (exact) mass is 413 g/mol. The van der Waals surface area contributed by atoms with Crippen LogP contribution >= 0.6 is 0 Å². The van der Waals surface area contributed by atoms with Gasteiger partial charge in [0.1, 0.15) is 11.9 Å². The molecule has 1 atom stereocenters. The molecule has 1 heterocycles. The molecule has 1 aliphatic rings. The lowest BCUT2D eigenvalue weighted by atomic mass is 9.98. The van der Waals surface area contributed by atoms with E-state index < -0.39 is 15.8 Å². The van der Waals surface area contributed by atoms with E-state index in [1.54, 1.807) is 6.92 Å². The van der Waals surface area contributed by atoms with Crippen LogP contribution in [-0.2, 0) is 10.0 Å². The van der Waals surface area contributed by atoms with Crippen molar-refractivity contribution in [3.8, 4) is 0 Å². The van der Waals surface area contributed by atoms with Crippen molar-refractivity contribution < 1.29 is 17.7 Å². The number of nitrogens with one attached hydrogen (secondary N) is 2. The predicted molar refractivity (Wildman–Crippen MR) is 113 cm³/mol. The Balaban J connectivity index is 1.66. The zero-order chi connectivity index (χ0) is 20.4. The number of halogens is 1. The largest absolute Gasteiger partial charge is 0.328 e. The molecule has 1 aliphatic heterocycles. The Morgan fingerprint density at radius 1 is 1.03 bits per heavy atom. The van der Waals surface area contributed by atoms with Gasteiger partial charge in [0.05, 0.1) is 24.5 Å². The summed E-state index contributed by atoms with van der Waals surface area (Å²) >= 11 is 0. The summed E-state index contributed by atoms with van der Waals surface area (Å²) < 4.78 is 42.1. The first-order valence-corrected chi connectivity index (χ1v) is 11.5. The third kappa shape index (κ3) is 4.20. The number of aryl methyl sites for hydroxylation is 1. The minimum absolute atomic E-state index is 0.0270. The Labute approximate surface area is 171 Å². The van der Waals surface area contributed by atoms with Gasteiger partial charge in [-0.05, 0) is 41.5 Å². The quantitative estimate of drug-likeness (QED) is 0.653. The molecule has 152 valence electrons. The van der Waals surface area contributed by atoms with Crippen molar-refractivity contribution in [3.05, 3.63) is 77.6 Å². The topological polar surface area (TPSA) is 50.6 Å². The molecular weight excluding hydrogens is 387 g/mol. The Morgan fingerprint density at radius 3 is 2.52 bits per heavy atom. The number of quaternary nitrogens is 1. The molecule has 4 rings (SSSR count). The van der Waals surface area contributed by atoms with E-state index in [1.807, 2.05) is 18.2 Å². The lowest BCUT2D eigenvalue weighted by Gasteiger charge is -2.26. The van der Waals surface area contributed by atoms with Crippen LogP contribution in [0.5, 0.6) is 0 Å². The molecule has 0 saturated carbocycles. The highest BCUT2D eigenvalue weighted by Crippen LogP contribution is 2.24. The van der Waals surface area contributed by atoms with Crippen LogP contribution in [0.15, 0.2) is 65.6 Å². The molecule has 4 nitrogen and oxygen atoms in total. The Kier molecular flexibility index (Phi) is 5.67. The number of rotatable bonds is 6. The third-order valence-corrected chi connectivity index (χ3v) is 7.43. The lowest BCUT2D eigenvalue weighted by Crippen LogP contribution is -3.11. The van der Waals surface area contributed by atoms with Crippen LogP contribution in [0.2, 0.25) is 0 Å². The smallest absolute Gasteiger partial charge is 0.241 e. The number of benzene rings is 3. The molecule has 0 amide bonds.